The molecule has 1 aliphatic carbocycles. The van der Waals surface area contributed by atoms with E-state index in [9.17, 15) is 9.59 Å². The van der Waals surface area contributed by atoms with Crippen molar-refractivity contribution in [2.75, 3.05) is 39.3 Å². The number of fused-ring (bicyclic) bond motifs is 3. The summed E-state index contributed by atoms with van der Waals surface area (Å²) < 4.78 is 0. The van der Waals surface area contributed by atoms with Crippen LogP contribution in [0.15, 0.2) is 48.5 Å². The first-order valence-electron chi connectivity index (χ1n) is 13.7. The minimum Gasteiger partial charge on any atom is -0.304 e. The summed E-state index contributed by atoms with van der Waals surface area (Å²) in [5, 5.41) is 2.18. The molecule has 4 rings (SSSR count). The summed E-state index contributed by atoms with van der Waals surface area (Å²) in [4.78, 5) is 30.9. The van der Waals surface area contributed by atoms with Gasteiger partial charge in [-0.2, -0.15) is 0 Å². The maximum Gasteiger partial charge on any atom is 0.163 e. The summed E-state index contributed by atoms with van der Waals surface area (Å²) in [7, 11) is 0. The van der Waals surface area contributed by atoms with Gasteiger partial charge < -0.3 is 9.80 Å². The molecule has 0 atom stereocenters. The SMILES string of the molecule is CCN(CC)CCCC(=O)c1ccc2c(c1)-c1ccc(C(=O)CCCN(CC)CC)c3cccc-2c13. The third-order valence-electron chi connectivity index (χ3n) is 7.81. The summed E-state index contributed by atoms with van der Waals surface area (Å²) in [6, 6.07) is 16.5. The summed E-state index contributed by atoms with van der Waals surface area (Å²) in [6.45, 7) is 14.6. The van der Waals surface area contributed by atoms with E-state index in [1.807, 2.05) is 12.1 Å². The van der Waals surface area contributed by atoms with Gasteiger partial charge in [-0.25, -0.2) is 0 Å². The topological polar surface area (TPSA) is 40.6 Å². The van der Waals surface area contributed by atoms with Gasteiger partial charge >= 0.3 is 0 Å². The Kier molecular flexibility index (Phi) is 8.71. The van der Waals surface area contributed by atoms with E-state index in [-0.39, 0.29) is 11.6 Å². The number of hydrogen-bond acceptors (Lipinski definition) is 4. The van der Waals surface area contributed by atoms with Crippen LogP contribution in [0.4, 0.5) is 0 Å². The fraction of sp³-hybridized carbons (Fsp3) is 0.438. The lowest BCUT2D eigenvalue weighted by molar-refractivity contribution is 0.0968. The second-order valence-corrected chi connectivity index (χ2v) is 9.76. The summed E-state index contributed by atoms with van der Waals surface area (Å²) >= 11 is 0. The lowest BCUT2D eigenvalue weighted by Gasteiger charge is -2.17. The van der Waals surface area contributed by atoms with Gasteiger partial charge in [0.2, 0.25) is 0 Å². The van der Waals surface area contributed by atoms with Crippen LogP contribution < -0.4 is 0 Å². The van der Waals surface area contributed by atoms with Crippen LogP contribution in [-0.2, 0) is 0 Å². The number of Topliss-reactive ketones (excluding diaryl/α,β-unsaturated/α-hetero) is 2. The maximum atomic E-state index is 13.2. The summed E-state index contributed by atoms with van der Waals surface area (Å²) in [5.74, 6) is 0.419. The molecule has 0 saturated carbocycles. The smallest absolute Gasteiger partial charge is 0.163 e. The van der Waals surface area contributed by atoms with Crippen LogP contribution in [0.5, 0.6) is 0 Å². The normalized spacial score (nSPS) is 12.1. The van der Waals surface area contributed by atoms with Crippen molar-refractivity contribution in [1.82, 2.24) is 9.80 Å². The highest BCUT2D eigenvalue weighted by Gasteiger charge is 2.25. The van der Waals surface area contributed by atoms with Gasteiger partial charge in [-0.3, -0.25) is 9.59 Å². The van der Waals surface area contributed by atoms with Crippen molar-refractivity contribution < 1.29 is 9.59 Å². The third kappa shape index (κ3) is 5.30. The minimum absolute atomic E-state index is 0.206. The molecule has 3 aromatic carbocycles. The highest BCUT2D eigenvalue weighted by molar-refractivity contribution is 6.21. The third-order valence-corrected chi connectivity index (χ3v) is 7.81. The Balaban J connectivity index is 1.56. The van der Waals surface area contributed by atoms with Gasteiger partial charge in [0.05, 0.1) is 0 Å². The second-order valence-electron chi connectivity index (χ2n) is 9.76. The van der Waals surface area contributed by atoms with E-state index in [1.165, 1.54) is 0 Å². The number of carbonyl (C=O) groups excluding carboxylic acids is 2. The van der Waals surface area contributed by atoms with E-state index < -0.39 is 0 Å². The molecule has 1 aliphatic rings. The number of carbonyl (C=O) groups is 2. The molecule has 0 heterocycles. The van der Waals surface area contributed by atoms with Crippen LogP contribution >= 0.6 is 0 Å². The molecular weight excluding hydrogens is 444 g/mol. The first-order valence-corrected chi connectivity index (χ1v) is 13.7. The first kappa shape index (κ1) is 26.2. The summed E-state index contributed by atoms with van der Waals surface area (Å²) in [6.07, 6.45) is 2.89. The molecule has 0 aromatic heterocycles. The lowest BCUT2D eigenvalue weighted by Crippen LogP contribution is -2.24. The highest BCUT2D eigenvalue weighted by Crippen LogP contribution is 2.48. The number of ketones is 2. The molecule has 0 fully saturated rings. The minimum atomic E-state index is 0.206. The van der Waals surface area contributed by atoms with E-state index in [0.717, 1.165) is 96.3 Å². The summed E-state index contributed by atoms with van der Waals surface area (Å²) in [5.41, 5.74) is 6.16. The predicted octanol–water partition coefficient (Wildman–Crippen LogP) is 7.10. The molecule has 190 valence electrons. The van der Waals surface area contributed by atoms with Gasteiger partial charge in [0.25, 0.3) is 0 Å². The fourth-order valence-electron chi connectivity index (χ4n) is 5.56. The van der Waals surface area contributed by atoms with Crippen molar-refractivity contribution in [3.8, 4) is 22.3 Å². The number of rotatable bonds is 14. The second kappa shape index (κ2) is 11.9. The highest BCUT2D eigenvalue weighted by atomic mass is 16.1. The molecule has 0 aliphatic heterocycles. The van der Waals surface area contributed by atoms with Gasteiger partial charge in [0.15, 0.2) is 11.6 Å². The van der Waals surface area contributed by atoms with Gasteiger partial charge in [0.1, 0.15) is 0 Å². The van der Waals surface area contributed by atoms with Crippen LogP contribution in [0.3, 0.4) is 0 Å². The average molecular weight is 485 g/mol. The van der Waals surface area contributed by atoms with Crippen molar-refractivity contribution in [1.29, 1.82) is 0 Å². The zero-order chi connectivity index (χ0) is 25.7. The zero-order valence-electron chi connectivity index (χ0n) is 22.4. The van der Waals surface area contributed by atoms with Crippen LogP contribution in [-0.4, -0.2) is 60.6 Å². The van der Waals surface area contributed by atoms with E-state index in [2.05, 4.69) is 73.9 Å². The van der Waals surface area contributed by atoms with Gasteiger partial charge in [-0.1, -0.05) is 70.2 Å². The fourth-order valence-corrected chi connectivity index (χ4v) is 5.56. The molecule has 4 nitrogen and oxygen atoms in total. The van der Waals surface area contributed by atoms with Crippen molar-refractivity contribution in [3.63, 3.8) is 0 Å². The van der Waals surface area contributed by atoms with Crippen LogP contribution in [0.2, 0.25) is 0 Å². The molecule has 0 spiro atoms. The zero-order valence-corrected chi connectivity index (χ0v) is 22.4. The molecule has 3 aromatic rings. The molecule has 4 heteroatoms. The lowest BCUT2D eigenvalue weighted by atomic mass is 9.94. The Labute approximate surface area is 216 Å². The molecule has 0 N–H and O–H groups in total. The van der Waals surface area contributed by atoms with Crippen molar-refractivity contribution >= 4 is 22.3 Å². The van der Waals surface area contributed by atoms with E-state index in [1.54, 1.807) is 0 Å². The molecule has 0 unspecified atom stereocenters. The van der Waals surface area contributed by atoms with Crippen molar-refractivity contribution in [2.24, 2.45) is 0 Å². The van der Waals surface area contributed by atoms with Crippen LogP contribution in [0.1, 0.15) is 74.1 Å². The first-order chi connectivity index (χ1) is 17.5. The molecule has 0 saturated heterocycles. The van der Waals surface area contributed by atoms with Gasteiger partial charge in [-0.15, -0.1) is 0 Å². The molecule has 36 heavy (non-hydrogen) atoms. The molecule has 0 bridgehead atoms. The predicted molar refractivity (Wildman–Crippen MR) is 151 cm³/mol. The maximum absolute atomic E-state index is 13.2. The van der Waals surface area contributed by atoms with Gasteiger partial charge in [-0.05, 0) is 91.2 Å². The standard InChI is InChI=1S/C32H40N2O2/c1-5-33(6-2)20-10-14-30(35)23-16-17-24-26-12-9-13-27-25(18-19-28(32(26)27)29(24)22-23)31(36)15-11-21-34(7-3)8-4/h9,12-13,16-19,22H,5-8,10-11,14-15,20-21H2,1-4H3. The Morgan fingerprint density at radius 2 is 1.22 bits per heavy atom. The molecular formula is C32H40N2O2. The Morgan fingerprint density at radius 1 is 0.639 bits per heavy atom. The Bertz CT molecular complexity index is 1240. The van der Waals surface area contributed by atoms with Crippen LogP contribution in [0.25, 0.3) is 33.0 Å². The van der Waals surface area contributed by atoms with Crippen molar-refractivity contribution in [3.05, 3.63) is 59.7 Å². The number of hydrogen-bond donors (Lipinski definition) is 0. The van der Waals surface area contributed by atoms with E-state index in [4.69, 9.17) is 0 Å². The van der Waals surface area contributed by atoms with E-state index in [0.29, 0.717) is 12.8 Å². The molecule has 0 amide bonds. The number of benzene rings is 3. The average Bonchev–Trinajstić information content (AvgIpc) is 3.23. The number of nitrogens with zero attached hydrogens (tertiary/aromatic N) is 2. The quantitative estimate of drug-likeness (QED) is 0.179. The Hall–Kier alpha value is -2.82. The van der Waals surface area contributed by atoms with Crippen molar-refractivity contribution in [2.45, 2.75) is 53.4 Å². The molecule has 0 radical (unpaired) electrons. The largest absolute Gasteiger partial charge is 0.304 e. The van der Waals surface area contributed by atoms with Crippen LogP contribution in [0, 0.1) is 0 Å². The van der Waals surface area contributed by atoms with Gasteiger partial charge in [0, 0.05) is 24.0 Å². The Morgan fingerprint density at radius 3 is 1.86 bits per heavy atom. The monoisotopic (exact) mass is 484 g/mol. The van der Waals surface area contributed by atoms with E-state index >= 15 is 0 Å².